The number of oxime groups is 1. The molecule has 0 radical (unpaired) electrons. The van der Waals surface area contributed by atoms with Gasteiger partial charge in [-0.15, -0.1) is 0 Å². The highest BCUT2D eigenvalue weighted by Crippen LogP contribution is 2.20. The van der Waals surface area contributed by atoms with E-state index in [2.05, 4.69) is 5.16 Å². The first kappa shape index (κ1) is 16.8. The van der Waals surface area contributed by atoms with E-state index in [1.165, 1.54) is 0 Å². The van der Waals surface area contributed by atoms with Crippen LogP contribution in [0.1, 0.15) is 36.2 Å². The van der Waals surface area contributed by atoms with Crippen LogP contribution in [0, 0.1) is 6.92 Å². The fourth-order valence-electron chi connectivity index (χ4n) is 2.00. The number of rotatable bonds is 6. The zero-order valence-electron chi connectivity index (χ0n) is 13.0. The number of nitrogens with two attached hydrogens (primary N) is 1. The number of nitrogens with zero attached hydrogens (tertiary/aromatic N) is 2. The molecule has 21 heavy (non-hydrogen) atoms. The minimum Gasteiger partial charge on any atom is -0.496 e. The lowest BCUT2D eigenvalue weighted by atomic mass is 10.1. The van der Waals surface area contributed by atoms with E-state index in [1.807, 2.05) is 26.8 Å². The molecule has 0 aliphatic heterocycles. The molecule has 0 heterocycles. The summed E-state index contributed by atoms with van der Waals surface area (Å²) < 4.78 is 5.25. The summed E-state index contributed by atoms with van der Waals surface area (Å²) in [6.45, 7) is 6.17. The van der Waals surface area contributed by atoms with Gasteiger partial charge in [0, 0.05) is 24.6 Å². The van der Waals surface area contributed by atoms with E-state index >= 15 is 0 Å². The lowest BCUT2D eigenvalue weighted by Gasteiger charge is -2.27. The van der Waals surface area contributed by atoms with E-state index < -0.39 is 0 Å². The molecule has 0 aromatic heterocycles. The predicted octanol–water partition coefficient (Wildman–Crippen LogP) is 1.99. The number of amidine groups is 1. The second kappa shape index (κ2) is 7.52. The normalized spacial score (nSPS) is 11.6. The van der Waals surface area contributed by atoms with E-state index in [0.29, 0.717) is 24.3 Å². The smallest absolute Gasteiger partial charge is 0.254 e. The van der Waals surface area contributed by atoms with Gasteiger partial charge >= 0.3 is 0 Å². The van der Waals surface area contributed by atoms with Gasteiger partial charge in [-0.05, 0) is 38.5 Å². The van der Waals surface area contributed by atoms with Crippen molar-refractivity contribution in [3.63, 3.8) is 0 Å². The topological polar surface area (TPSA) is 88.2 Å². The van der Waals surface area contributed by atoms with E-state index in [4.69, 9.17) is 15.7 Å². The number of hydrogen-bond acceptors (Lipinski definition) is 4. The number of amides is 1. The van der Waals surface area contributed by atoms with Crippen molar-refractivity contribution < 1.29 is 14.7 Å². The highest BCUT2D eigenvalue weighted by molar-refractivity contribution is 5.95. The van der Waals surface area contributed by atoms with Crippen molar-refractivity contribution in [2.75, 3.05) is 13.7 Å². The monoisotopic (exact) mass is 293 g/mol. The summed E-state index contributed by atoms with van der Waals surface area (Å²) in [7, 11) is 1.58. The molecule has 0 spiro atoms. The molecule has 0 aliphatic carbocycles. The summed E-state index contributed by atoms with van der Waals surface area (Å²) in [4.78, 5) is 14.3. The lowest BCUT2D eigenvalue weighted by molar-refractivity contribution is 0.0710. The molecular weight excluding hydrogens is 270 g/mol. The second-order valence-corrected chi connectivity index (χ2v) is 5.12. The van der Waals surface area contributed by atoms with Gasteiger partial charge in [-0.2, -0.15) is 0 Å². The Kier molecular flexibility index (Phi) is 6.02. The minimum absolute atomic E-state index is 0.0105. The first-order valence-electron chi connectivity index (χ1n) is 6.82. The molecule has 6 heteroatoms. The summed E-state index contributed by atoms with van der Waals surface area (Å²) in [6, 6.07) is 5.38. The van der Waals surface area contributed by atoms with Crippen LogP contribution in [-0.4, -0.2) is 41.5 Å². The lowest BCUT2D eigenvalue weighted by Crippen LogP contribution is -2.39. The Bertz CT molecular complexity index is 527. The summed E-state index contributed by atoms with van der Waals surface area (Å²) in [5, 5.41) is 11.5. The maximum atomic E-state index is 12.6. The van der Waals surface area contributed by atoms with Crippen molar-refractivity contribution in [3.05, 3.63) is 29.3 Å². The average molecular weight is 293 g/mol. The van der Waals surface area contributed by atoms with Crippen molar-refractivity contribution in [2.24, 2.45) is 10.9 Å². The number of methoxy groups -OCH3 is 1. The van der Waals surface area contributed by atoms with E-state index in [0.717, 1.165) is 5.56 Å². The maximum Gasteiger partial charge on any atom is 0.254 e. The van der Waals surface area contributed by atoms with E-state index in [-0.39, 0.29) is 17.8 Å². The van der Waals surface area contributed by atoms with Crippen LogP contribution in [0.4, 0.5) is 0 Å². The van der Waals surface area contributed by atoms with Crippen molar-refractivity contribution in [2.45, 2.75) is 33.2 Å². The minimum atomic E-state index is -0.103. The van der Waals surface area contributed by atoms with Gasteiger partial charge in [0.15, 0.2) is 0 Å². The van der Waals surface area contributed by atoms with Crippen molar-refractivity contribution in [3.8, 4) is 5.75 Å². The Morgan fingerprint density at radius 3 is 2.67 bits per heavy atom. The molecule has 116 valence electrons. The second-order valence-electron chi connectivity index (χ2n) is 5.12. The average Bonchev–Trinajstić information content (AvgIpc) is 2.47. The number of carbonyl (C=O) groups is 1. The van der Waals surface area contributed by atoms with Crippen molar-refractivity contribution in [1.82, 2.24) is 4.90 Å². The number of aryl methyl sites for hydroxylation is 1. The molecule has 0 unspecified atom stereocenters. The highest BCUT2D eigenvalue weighted by Gasteiger charge is 2.19. The Morgan fingerprint density at radius 2 is 2.14 bits per heavy atom. The number of carbonyl (C=O) groups excluding carboxylic acids is 1. The maximum absolute atomic E-state index is 12.6. The van der Waals surface area contributed by atoms with Gasteiger partial charge in [-0.25, -0.2) is 0 Å². The third-order valence-electron chi connectivity index (χ3n) is 3.28. The van der Waals surface area contributed by atoms with Gasteiger partial charge < -0.3 is 20.6 Å². The molecule has 0 bridgehead atoms. The van der Waals surface area contributed by atoms with Gasteiger partial charge in [-0.1, -0.05) is 11.2 Å². The molecule has 1 amide bonds. The van der Waals surface area contributed by atoms with Crippen LogP contribution < -0.4 is 10.5 Å². The van der Waals surface area contributed by atoms with Crippen LogP contribution >= 0.6 is 0 Å². The van der Waals surface area contributed by atoms with Gasteiger partial charge in [0.1, 0.15) is 11.6 Å². The van der Waals surface area contributed by atoms with Crippen LogP contribution in [0.15, 0.2) is 23.4 Å². The van der Waals surface area contributed by atoms with Gasteiger partial charge in [0.25, 0.3) is 5.91 Å². The first-order valence-corrected chi connectivity index (χ1v) is 6.82. The fraction of sp³-hybridized carbons (Fsp3) is 0.467. The summed E-state index contributed by atoms with van der Waals surface area (Å²) in [6.07, 6.45) is 0.323. The van der Waals surface area contributed by atoms with Crippen LogP contribution in [0.25, 0.3) is 0 Å². The van der Waals surface area contributed by atoms with Gasteiger partial charge in [0.2, 0.25) is 0 Å². The van der Waals surface area contributed by atoms with Crippen LogP contribution in [0.2, 0.25) is 0 Å². The predicted molar refractivity (Wildman–Crippen MR) is 81.9 cm³/mol. The first-order chi connectivity index (χ1) is 9.90. The molecule has 1 aromatic carbocycles. The molecule has 0 saturated heterocycles. The highest BCUT2D eigenvalue weighted by atomic mass is 16.5. The largest absolute Gasteiger partial charge is 0.496 e. The molecule has 0 aliphatic rings. The zero-order valence-corrected chi connectivity index (χ0v) is 13.0. The Hall–Kier alpha value is -2.24. The Morgan fingerprint density at radius 1 is 1.48 bits per heavy atom. The molecular formula is C15H23N3O3. The SMILES string of the molecule is COc1cc(C(=O)N(CCC(N)=NO)C(C)C)ccc1C. The quantitative estimate of drug-likeness (QED) is 0.363. The summed E-state index contributed by atoms with van der Waals surface area (Å²) >= 11 is 0. The van der Waals surface area contributed by atoms with Crippen molar-refractivity contribution in [1.29, 1.82) is 0 Å². The summed E-state index contributed by atoms with van der Waals surface area (Å²) in [5.74, 6) is 0.685. The van der Waals surface area contributed by atoms with Gasteiger partial charge in [-0.3, -0.25) is 4.79 Å². The molecule has 0 atom stereocenters. The third kappa shape index (κ3) is 4.37. The Balaban J connectivity index is 2.95. The molecule has 1 aromatic rings. The molecule has 1 rings (SSSR count). The summed E-state index contributed by atoms with van der Waals surface area (Å²) in [5.41, 5.74) is 7.00. The fourth-order valence-corrected chi connectivity index (χ4v) is 2.00. The van der Waals surface area contributed by atoms with E-state index in [9.17, 15) is 4.79 Å². The van der Waals surface area contributed by atoms with Crippen molar-refractivity contribution >= 4 is 11.7 Å². The number of benzene rings is 1. The molecule has 0 fully saturated rings. The van der Waals surface area contributed by atoms with Crippen LogP contribution in [-0.2, 0) is 0 Å². The zero-order chi connectivity index (χ0) is 16.0. The third-order valence-corrected chi connectivity index (χ3v) is 3.28. The molecule has 0 saturated carbocycles. The van der Waals surface area contributed by atoms with Crippen LogP contribution in [0.5, 0.6) is 5.75 Å². The van der Waals surface area contributed by atoms with E-state index in [1.54, 1.807) is 24.1 Å². The van der Waals surface area contributed by atoms with Crippen LogP contribution in [0.3, 0.4) is 0 Å². The Labute approximate surface area is 125 Å². The standard InChI is InChI=1S/C15H23N3O3/c1-10(2)18(8-7-14(16)17-20)15(19)12-6-5-11(3)13(9-12)21-4/h5-6,9-10,20H,7-8H2,1-4H3,(H2,16,17). The molecule has 3 N–H and O–H groups in total. The molecule has 6 nitrogen and oxygen atoms in total. The number of ether oxygens (including phenoxy) is 1. The van der Waals surface area contributed by atoms with Gasteiger partial charge in [0.05, 0.1) is 7.11 Å². The number of hydrogen-bond donors (Lipinski definition) is 2.